The minimum absolute atomic E-state index is 0.166. The number of carbonyl (C=O) groups excluding carboxylic acids is 1. The van der Waals surface area contributed by atoms with E-state index in [2.05, 4.69) is 36.5 Å². The number of nitrogens with zero attached hydrogens (tertiary/aromatic N) is 1. The first-order valence-electron chi connectivity index (χ1n) is 11.3. The highest BCUT2D eigenvalue weighted by molar-refractivity contribution is 7.98. The molecule has 0 atom stereocenters. The fourth-order valence-corrected chi connectivity index (χ4v) is 5.67. The summed E-state index contributed by atoms with van der Waals surface area (Å²) in [5, 5.41) is 2.87. The molecule has 7 heteroatoms. The number of benzene rings is 3. The first-order valence-corrected chi connectivity index (χ1v) is 13.9. The predicted octanol–water partition coefficient (Wildman–Crippen LogP) is 5.25. The molecule has 0 bridgehead atoms. The van der Waals surface area contributed by atoms with Crippen LogP contribution >= 0.6 is 11.8 Å². The second kappa shape index (κ2) is 12.1. The molecule has 3 aromatic carbocycles. The standard InChI is InChI=1S/C27H32N2O3S2/c1-21-5-11-24(12-6-21)20-33-18-4-17-28-27(30)19-29(25-13-7-22(2)8-14-25)34(31,32)26-15-9-23(3)10-16-26/h5-16H,4,17-20H2,1-3H3,(H,28,30). The molecular weight excluding hydrogens is 464 g/mol. The second-order valence-corrected chi connectivity index (χ2v) is 11.4. The molecule has 0 saturated carbocycles. The summed E-state index contributed by atoms with van der Waals surface area (Å²) in [6, 6.07) is 22.3. The van der Waals surface area contributed by atoms with E-state index in [4.69, 9.17) is 0 Å². The van der Waals surface area contributed by atoms with Crippen LogP contribution in [0.2, 0.25) is 0 Å². The quantitative estimate of drug-likeness (QED) is 0.368. The molecule has 0 spiro atoms. The number of hydrogen-bond acceptors (Lipinski definition) is 4. The first kappa shape index (κ1) is 25.8. The van der Waals surface area contributed by atoms with E-state index in [9.17, 15) is 13.2 Å². The highest BCUT2D eigenvalue weighted by Gasteiger charge is 2.27. The summed E-state index contributed by atoms with van der Waals surface area (Å²) in [5.41, 5.74) is 4.99. The first-order chi connectivity index (χ1) is 16.3. The van der Waals surface area contributed by atoms with E-state index < -0.39 is 10.0 Å². The van der Waals surface area contributed by atoms with Crippen molar-refractivity contribution in [3.8, 4) is 0 Å². The zero-order chi connectivity index (χ0) is 24.6. The fourth-order valence-electron chi connectivity index (χ4n) is 3.33. The van der Waals surface area contributed by atoms with E-state index in [1.165, 1.54) is 15.4 Å². The Morgan fingerprint density at radius 1 is 0.824 bits per heavy atom. The molecule has 0 aromatic heterocycles. The molecular formula is C27H32N2O3S2. The van der Waals surface area contributed by atoms with Crippen LogP contribution in [0, 0.1) is 20.8 Å². The molecule has 0 saturated heterocycles. The average molecular weight is 497 g/mol. The van der Waals surface area contributed by atoms with Crippen LogP contribution in [0.4, 0.5) is 5.69 Å². The summed E-state index contributed by atoms with van der Waals surface area (Å²) >= 11 is 1.82. The minimum atomic E-state index is -3.88. The molecule has 0 radical (unpaired) electrons. The number of rotatable bonds is 11. The van der Waals surface area contributed by atoms with Crippen LogP contribution in [-0.4, -0.2) is 33.2 Å². The summed E-state index contributed by atoms with van der Waals surface area (Å²) in [5.74, 6) is 1.53. The Morgan fingerprint density at radius 3 is 1.94 bits per heavy atom. The van der Waals surface area contributed by atoms with Crippen molar-refractivity contribution in [2.45, 2.75) is 37.8 Å². The maximum Gasteiger partial charge on any atom is 0.264 e. The van der Waals surface area contributed by atoms with Crippen LogP contribution in [0.1, 0.15) is 28.7 Å². The van der Waals surface area contributed by atoms with E-state index in [1.54, 1.807) is 36.4 Å². The van der Waals surface area contributed by atoms with E-state index in [0.29, 0.717) is 12.2 Å². The predicted molar refractivity (Wildman–Crippen MR) is 142 cm³/mol. The zero-order valence-corrected chi connectivity index (χ0v) is 21.6. The van der Waals surface area contributed by atoms with Gasteiger partial charge in [-0.15, -0.1) is 0 Å². The number of hydrogen-bond donors (Lipinski definition) is 1. The van der Waals surface area contributed by atoms with Crippen LogP contribution < -0.4 is 9.62 Å². The molecule has 0 heterocycles. The van der Waals surface area contributed by atoms with Gasteiger partial charge in [0.15, 0.2) is 0 Å². The summed E-state index contributed by atoms with van der Waals surface area (Å²) in [7, 11) is -3.88. The van der Waals surface area contributed by atoms with Gasteiger partial charge in [-0.3, -0.25) is 9.10 Å². The normalized spacial score (nSPS) is 11.3. The third kappa shape index (κ3) is 7.37. The van der Waals surface area contributed by atoms with Gasteiger partial charge in [-0.05, 0) is 62.8 Å². The maximum atomic E-state index is 13.4. The molecule has 3 rings (SSSR count). The van der Waals surface area contributed by atoms with Crippen molar-refractivity contribution in [2.24, 2.45) is 0 Å². The zero-order valence-electron chi connectivity index (χ0n) is 20.0. The van der Waals surface area contributed by atoms with E-state index in [0.717, 1.165) is 29.1 Å². The molecule has 34 heavy (non-hydrogen) atoms. The summed E-state index contributed by atoms with van der Waals surface area (Å²) in [4.78, 5) is 12.9. The number of amides is 1. The number of sulfonamides is 1. The van der Waals surface area contributed by atoms with Crippen molar-refractivity contribution in [1.29, 1.82) is 0 Å². The molecule has 0 fully saturated rings. The van der Waals surface area contributed by atoms with Crippen LogP contribution in [-0.2, 0) is 20.6 Å². The van der Waals surface area contributed by atoms with Crippen molar-refractivity contribution in [1.82, 2.24) is 5.32 Å². The number of aryl methyl sites for hydroxylation is 3. The van der Waals surface area contributed by atoms with Crippen LogP contribution in [0.25, 0.3) is 0 Å². The largest absolute Gasteiger partial charge is 0.354 e. The monoisotopic (exact) mass is 496 g/mol. The van der Waals surface area contributed by atoms with Gasteiger partial charge in [0.2, 0.25) is 5.91 Å². The minimum Gasteiger partial charge on any atom is -0.354 e. The van der Waals surface area contributed by atoms with E-state index >= 15 is 0 Å². The Hall–Kier alpha value is -2.77. The second-order valence-electron chi connectivity index (χ2n) is 8.40. The molecule has 180 valence electrons. The third-order valence-electron chi connectivity index (χ3n) is 5.40. The Kier molecular flexibility index (Phi) is 9.19. The smallest absolute Gasteiger partial charge is 0.264 e. The van der Waals surface area contributed by atoms with Gasteiger partial charge in [0.05, 0.1) is 10.6 Å². The number of nitrogens with one attached hydrogen (secondary N) is 1. The number of carbonyl (C=O) groups is 1. The van der Waals surface area contributed by atoms with Gasteiger partial charge >= 0.3 is 0 Å². The molecule has 3 aromatic rings. The van der Waals surface area contributed by atoms with Gasteiger partial charge < -0.3 is 5.32 Å². The van der Waals surface area contributed by atoms with Gasteiger partial charge in [0.25, 0.3) is 10.0 Å². The summed E-state index contributed by atoms with van der Waals surface area (Å²) < 4.78 is 27.9. The van der Waals surface area contributed by atoms with E-state index in [1.807, 2.05) is 37.7 Å². The molecule has 0 aliphatic rings. The topological polar surface area (TPSA) is 66.5 Å². The Labute approximate surface area is 207 Å². The number of thioether (sulfide) groups is 1. The van der Waals surface area contributed by atoms with Gasteiger partial charge in [0.1, 0.15) is 6.54 Å². The van der Waals surface area contributed by atoms with Crippen molar-refractivity contribution >= 4 is 33.4 Å². The van der Waals surface area contributed by atoms with Crippen LogP contribution in [0.3, 0.4) is 0 Å². The Balaban J connectivity index is 1.57. The lowest BCUT2D eigenvalue weighted by atomic mass is 10.2. The fraction of sp³-hybridized carbons (Fsp3) is 0.296. The van der Waals surface area contributed by atoms with E-state index in [-0.39, 0.29) is 17.3 Å². The van der Waals surface area contributed by atoms with Crippen molar-refractivity contribution in [2.75, 3.05) is 23.1 Å². The lowest BCUT2D eigenvalue weighted by Crippen LogP contribution is -2.41. The van der Waals surface area contributed by atoms with Crippen molar-refractivity contribution < 1.29 is 13.2 Å². The van der Waals surface area contributed by atoms with Crippen molar-refractivity contribution in [3.05, 3.63) is 95.1 Å². The lowest BCUT2D eigenvalue weighted by molar-refractivity contribution is -0.119. The molecule has 0 aliphatic heterocycles. The van der Waals surface area contributed by atoms with Crippen LogP contribution in [0.5, 0.6) is 0 Å². The molecule has 0 unspecified atom stereocenters. The van der Waals surface area contributed by atoms with Crippen molar-refractivity contribution in [3.63, 3.8) is 0 Å². The molecule has 1 N–H and O–H groups in total. The maximum absolute atomic E-state index is 13.4. The van der Waals surface area contributed by atoms with Gasteiger partial charge in [0, 0.05) is 12.3 Å². The van der Waals surface area contributed by atoms with Gasteiger partial charge in [-0.1, -0.05) is 65.2 Å². The van der Waals surface area contributed by atoms with Gasteiger partial charge in [-0.2, -0.15) is 11.8 Å². The lowest BCUT2D eigenvalue weighted by Gasteiger charge is -2.24. The molecule has 1 amide bonds. The highest BCUT2D eigenvalue weighted by Crippen LogP contribution is 2.24. The van der Waals surface area contributed by atoms with Gasteiger partial charge in [-0.25, -0.2) is 8.42 Å². The SMILES string of the molecule is Cc1ccc(CSCCCNC(=O)CN(c2ccc(C)cc2)S(=O)(=O)c2ccc(C)cc2)cc1. The Bertz CT molecular complexity index is 1170. The summed E-state index contributed by atoms with van der Waals surface area (Å²) in [6.45, 7) is 6.15. The number of anilines is 1. The van der Waals surface area contributed by atoms with Crippen LogP contribution in [0.15, 0.2) is 77.7 Å². The third-order valence-corrected chi connectivity index (χ3v) is 8.30. The highest BCUT2D eigenvalue weighted by atomic mass is 32.2. The molecule has 0 aliphatic carbocycles. The summed E-state index contributed by atoms with van der Waals surface area (Å²) in [6.07, 6.45) is 0.817. The molecule has 5 nitrogen and oxygen atoms in total. The average Bonchev–Trinajstić information content (AvgIpc) is 2.82. The Morgan fingerprint density at radius 2 is 1.35 bits per heavy atom.